The highest BCUT2D eigenvalue weighted by Crippen LogP contribution is 2.65. The molecule has 26 heavy (non-hydrogen) atoms. The monoisotopic (exact) mass is 365 g/mol. The quantitative estimate of drug-likeness (QED) is 0.656. The smallest absolute Gasteiger partial charge is 0.129 e. The van der Waals surface area contributed by atoms with E-state index < -0.39 is 0 Å². The van der Waals surface area contributed by atoms with Gasteiger partial charge in [0.15, 0.2) is 0 Å². The molecule has 1 aromatic carbocycles. The lowest BCUT2D eigenvalue weighted by molar-refractivity contribution is 0.468. The average Bonchev–Trinajstić information content (AvgIpc) is 2.97. The number of nitrogens with one attached hydrogen (secondary N) is 2. The average molecular weight is 366 g/mol. The number of imidazole rings is 1. The van der Waals surface area contributed by atoms with Gasteiger partial charge in [0.25, 0.3) is 0 Å². The molecule has 0 aliphatic heterocycles. The molecule has 5 rings (SSSR count). The summed E-state index contributed by atoms with van der Waals surface area (Å²) in [4.78, 5) is 9.45. The third-order valence-electron chi connectivity index (χ3n) is 5.79. The number of benzene rings is 1. The van der Waals surface area contributed by atoms with E-state index in [1.54, 1.807) is 0 Å². The van der Waals surface area contributed by atoms with Crippen LogP contribution in [0, 0.1) is 17.2 Å². The summed E-state index contributed by atoms with van der Waals surface area (Å²) in [7, 11) is 0. The molecule has 3 atom stereocenters. The lowest BCUT2D eigenvalue weighted by Gasteiger charge is -2.10. The first-order valence-corrected chi connectivity index (χ1v) is 9.41. The number of halogens is 1. The van der Waals surface area contributed by atoms with E-state index in [1.807, 2.05) is 37.5 Å². The van der Waals surface area contributed by atoms with Crippen molar-refractivity contribution in [2.75, 3.05) is 0 Å². The second-order valence-corrected chi connectivity index (χ2v) is 7.80. The van der Waals surface area contributed by atoms with E-state index >= 15 is 0 Å². The van der Waals surface area contributed by atoms with E-state index in [4.69, 9.17) is 22.0 Å². The molecule has 2 unspecified atom stereocenters. The third-order valence-corrected chi connectivity index (χ3v) is 6.02. The van der Waals surface area contributed by atoms with Crippen molar-refractivity contribution in [1.29, 1.82) is 5.41 Å². The van der Waals surface area contributed by atoms with Crippen molar-refractivity contribution in [1.82, 2.24) is 19.9 Å². The molecule has 0 spiro atoms. The summed E-state index contributed by atoms with van der Waals surface area (Å²) in [5.41, 5.74) is 3.92. The Bertz CT molecular complexity index is 1060. The number of nitrogens with zero attached hydrogens (tertiary/aromatic N) is 3. The first kappa shape index (κ1) is 15.8. The highest BCUT2D eigenvalue weighted by Gasteiger charge is 2.58. The maximum Gasteiger partial charge on any atom is 0.129 e. The fourth-order valence-corrected chi connectivity index (χ4v) is 4.46. The number of fused-ring (bicyclic) bond motifs is 4. The van der Waals surface area contributed by atoms with E-state index in [9.17, 15) is 0 Å². The number of aromatic nitrogens is 3. The number of hydrogen-bond donors (Lipinski definition) is 2. The Morgan fingerprint density at radius 3 is 2.88 bits per heavy atom. The van der Waals surface area contributed by atoms with Crippen LogP contribution in [0.15, 0.2) is 36.2 Å². The largest absolute Gasteiger partial charge is 0.383 e. The van der Waals surface area contributed by atoms with Crippen LogP contribution < -0.4 is 5.32 Å². The van der Waals surface area contributed by atoms with Gasteiger partial charge in [-0.1, -0.05) is 11.6 Å². The Morgan fingerprint density at radius 2 is 2.15 bits per heavy atom. The van der Waals surface area contributed by atoms with Crippen molar-refractivity contribution in [2.24, 2.45) is 11.8 Å². The summed E-state index contributed by atoms with van der Waals surface area (Å²) in [5, 5.41) is 12.4. The van der Waals surface area contributed by atoms with Gasteiger partial charge in [0.1, 0.15) is 11.3 Å². The molecule has 2 aliphatic rings. The summed E-state index contributed by atoms with van der Waals surface area (Å²) in [6.45, 7) is 2.54. The van der Waals surface area contributed by atoms with Crippen LogP contribution in [0.5, 0.6) is 0 Å². The molecule has 3 aromatic rings. The lowest BCUT2D eigenvalue weighted by Crippen LogP contribution is -2.12. The minimum absolute atomic E-state index is 0.550. The Hall–Kier alpha value is -2.40. The van der Waals surface area contributed by atoms with Gasteiger partial charge in [-0.15, -0.1) is 0 Å². The molecular formula is C20H20ClN5. The van der Waals surface area contributed by atoms with Crippen LogP contribution in [-0.2, 0) is 6.54 Å². The number of hydrogen-bond acceptors (Lipinski definition) is 4. The van der Waals surface area contributed by atoms with E-state index in [1.165, 1.54) is 19.1 Å². The van der Waals surface area contributed by atoms with Crippen molar-refractivity contribution in [3.63, 3.8) is 0 Å². The van der Waals surface area contributed by atoms with Crippen molar-refractivity contribution in [2.45, 2.75) is 32.4 Å². The Balaban J connectivity index is 1.67. The van der Waals surface area contributed by atoms with Crippen molar-refractivity contribution in [3.05, 3.63) is 47.0 Å². The van der Waals surface area contributed by atoms with E-state index in [0.29, 0.717) is 12.6 Å². The van der Waals surface area contributed by atoms with Crippen LogP contribution in [0.4, 0.5) is 0 Å². The molecule has 2 saturated carbocycles. The van der Waals surface area contributed by atoms with Crippen LogP contribution in [-0.4, -0.2) is 20.7 Å². The van der Waals surface area contributed by atoms with Gasteiger partial charge in [0, 0.05) is 28.9 Å². The molecule has 2 N–H and O–H groups in total. The van der Waals surface area contributed by atoms with Gasteiger partial charge in [-0.3, -0.25) is 4.98 Å². The summed E-state index contributed by atoms with van der Waals surface area (Å²) in [5.74, 6) is 2.63. The summed E-state index contributed by atoms with van der Waals surface area (Å²) >= 11 is 6.28. The normalized spacial score (nSPS) is 24.4. The predicted molar refractivity (Wildman–Crippen MR) is 105 cm³/mol. The highest BCUT2D eigenvalue weighted by atomic mass is 35.5. The van der Waals surface area contributed by atoms with Gasteiger partial charge >= 0.3 is 0 Å². The molecule has 132 valence electrons. The number of allylic oxidation sites excluding steroid dienone is 1. The summed E-state index contributed by atoms with van der Waals surface area (Å²) in [6.07, 6.45) is 7.72. The maximum absolute atomic E-state index is 7.30. The van der Waals surface area contributed by atoms with E-state index in [2.05, 4.69) is 14.9 Å². The van der Waals surface area contributed by atoms with Gasteiger partial charge < -0.3 is 15.3 Å². The van der Waals surface area contributed by atoms with Crippen LogP contribution in [0.3, 0.4) is 0 Å². The van der Waals surface area contributed by atoms with Gasteiger partial charge in [-0.2, -0.15) is 0 Å². The van der Waals surface area contributed by atoms with Crippen LogP contribution in [0.25, 0.3) is 21.9 Å². The van der Waals surface area contributed by atoms with E-state index in [-0.39, 0.29) is 0 Å². The molecule has 6 heteroatoms. The zero-order chi connectivity index (χ0) is 17.8. The predicted octanol–water partition coefficient (Wildman–Crippen LogP) is 4.46. The molecule has 2 fully saturated rings. The minimum atomic E-state index is 0.550. The van der Waals surface area contributed by atoms with Gasteiger partial charge in [-0.25, -0.2) is 4.98 Å². The molecule has 2 aromatic heterocycles. The molecule has 0 amide bonds. The molecule has 2 aliphatic carbocycles. The fourth-order valence-electron chi connectivity index (χ4n) is 4.29. The maximum atomic E-state index is 7.30. The zero-order valence-corrected chi connectivity index (χ0v) is 15.3. The SMILES string of the molecule is C/C(C=N)=C/NCc1nc2cnc3ccc(Cl)cc3c2n1C1C2CC[C@@H]21. The molecule has 5 nitrogen and oxygen atoms in total. The van der Waals surface area contributed by atoms with Crippen molar-refractivity contribution in [3.8, 4) is 0 Å². The van der Waals surface area contributed by atoms with Crippen LogP contribution >= 0.6 is 11.6 Å². The second kappa shape index (κ2) is 5.81. The van der Waals surface area contributed by atoms with Gasteiger partial charge in [-0.05, 0) is 55.4 Å². The standard InChI is InChI=1S/C20H20ClN5/c1-11(7-22)8-23-10-18-25-17-9-24-16-5-2-12(21)6-15(16)20(17)26(18)19-13-3-4-14(13)19/h2,5-9,13-14,19,22-23H,3-4,10H2,1H3/b11-8-,22-7?/t13-,14?,19?/m0/s1. The molecular weight excluding hydrogens is 346 g/mol. The van der Waals surface area contributed by atoms with Crippen LogP contribution in [0.2, 0.25) is 5.02 Å². The van der Waals surface area contributed by atoms with E-state index in [0.717, 1.165) is 50.2 Å². The van der Waals surface area contributed by atoms with Crippen molar-refractivity contribution >= 4 is 39.8 Å². The Kier molecular flexibility index (Phi) is 3.54. The Labute approximate surface area is 156 Å². The molecule has 0 saturated heterocycles. The lowest BCUT2D eigenvalue weighted by atomic mass is 10.0. The zero-order valence-electron chi connectivity index (χ0n) is 14.5. The first-order chi connectivity index (χ1) is 12.7. The van der Waals surface area contributed by atoms with Gasteiger partial charge in [0.05, 0.1) is 23.8 Å². The molecule has 0 radical (unpaired) electrons. The highest BCUT2D eigenvalue weighted by molar-refractivity contribution is 6.31. The third kappa shape index (κ3) is 2.34. The molecule has 0 bridgehead atoms. The number of rotatable bonds is 5. The second-order valence-electron chi connectivity index (χ2n) is 7.36. The van der Waals surface area contributed by atoms with Crippen LogP contribution in [0.1, 0.15) is 31.6 Å². The number of pyridine rings is 1. The summed E-state index contributed by atoms with van der Waals surface area (Å²) in [6, 6.07) is 6.42. The molecule has 2 heterocycles. The van der Waals surface area contributed by atoms with Gasteiger partial charge in [0.2, 0.25) is 0 Å². The Morgan fingerprint density at radius 1 is 1.35 bits per heavy atom. The van der Waals surface area contributed by atoms with Crippen molar-refractivity contribution < 1.29 is 0 Å². The summed E-state index contributed by atoms with van der Waals surface area (Å²) < 4.78 is 2.43. The first-order valence-electron chi connectivity index (χ1n) is 9.03. The fraction of sp³-hybridized carbons (Fsp3) is 0.350. The minimum Gasteiger partial charge on any atom is -0.383 e. The topological polar surface area (TPSA) is 66.6 Å².